The normalized spacial score (nSPS) is 25.2. The molecule has 0 spiro atoms. The van der Waals surface area contributed by atoms with E-state index in [1.54, 1.807) is 0 Å². The summed E-state index contributed by atoms with van der Waals surface area (Å²) in [7, 11) is 4.23. The minimum absolute atomic E-state index is 1.08. The molecule has 0 saturated carbocycles. The van der Waals surface area contributed by atoms with E-state index in [1.165, 1.54) is 18.9 Å². The first kappa shape index (κ1) is 8.81. The Bertz CT molecular complexity index is 206. The van der Waals surface area contributed by atoms with E-state index in [4.69, 9.17) is 0 Å². The summed E-state index contributed by atoms with van der Waals surface area (Å²) in [5, 5.41) is 6.53. The number of nitrogens with zero attached hydrogens (tertiary/aromatic N) is 4. The lowest BCUT2D eigenvalue weighted by atomic mass is 10.3. The van der Waals surface area contributed by atoms with Gasteiger partial charge in [-0.05, 0) is 7.05 Å². The third kappa shape index (κ3) is 1.94. The van der Waals surface area contributed by atoms with E-state index in [0.717, 1.165) is 26.1 Å². The molecule has 0 aromatic rings. The van der Waals surface area contributed by atoms with Crippen LogP contribution >= 0.6 is 0 Å². The molecule has 4 heteroatoms. The van der Waals surface area contributed by atoms with Crippen molar-refractivity contribution in [3.05, 3.63) is 0 Å². The molecule has 2 aliphatic rings. The van der Waals surface area contributed by atoms with Gasteiger partial charge >= 0.3 is 0 Å². The average molecular weight is 182 g/mol. The molecule has 1 fully saturated rings. The summed E-state index contributed by atoms with van der Waals surface area (Å²) in [4.78, 5) is 4.79. The van der Waals surface area contributed by atoms with E-state index in [-0.39, 0.29) is 0 Å². The van der Waals surface area contributed by atoms with Crippen LogP contribution in [0, 0.1) is 0 Å². The number of hydrogen-bond donors (Lipinski definition) is 0. The molecule has 4 nitrogen and oxygen atoms in total. The summed E-state index contributed by atoms with van der Waals surface area (Å²) in [6.45, 7) is 5.71. The van der Waals surface area contributed by atoms with Crippen molar-refractivity contribution in [1.29, 1.82) is 0 Å². The van der Waals surface area contributed by atoms with Gasteiger partial charge in [0.2, 0.25) is 0 Å². The average Bonchev–Trinajstić information content (AvgIpc) is 2.53. The second kappa shape index (κ2) is 3.54. The highest BCUT2D eigenvalue weighted by atomic mass is 15.5. The monoisotopic (exact) mass is 182 g/mol. The molecule has 0 radical (unpaired) electrons. The van der Waals surface area contributed by atoms with Gasteiger partial charge in [0, 0.05) is 46.2 Å². The SMILES string of the molecule is CN1CCN(C2=NN(C)CC2)CC1. The molecule has 0 N–H and O–H groups in total. The maximum atomic E-state index is 4.49. The van der Waals surface area contributed by atoms with Crippen molar-refractivity contribution in [2.24, 2.45) is 5.10 Å². The Morgan fingerprint density at radius 2 is 1.69 bits per heavy atom. The summed E-state index contributed by atoms with van der Waals surface area (Å²) >= 11 is 0. The number of likely N-dealkylation sites (N-methyl/N-ethyl adjacent to an activating group) is 1. The quantitative estimate of drug-likeness (QED) is 0.521. The third-order valence-corrected chi connectivity index (χ3v) is 2.81. The fourth-order valence-electron chi connectivity index (χ4n) is 1.84. The number of hydrogen-bond acceptors (Lipinski definition) is 4. The number of piperazine rings is 1. The molecular weight excluding hydrogens is 164 g/mol. The first-order valence-corrected chi connectivity index (χ1v) is 4.98. The highest BCUT2D eigenvalue weighted by Gasteiger charge is 2.20. The summed E-state index contributed by atoms with van der Waals surface area (Å²) in [6, 6.07) is 0. The Hall–Kier alpha value is -0.770. The lowest BCUT2D eigenvalue weighted by molar-refractivity contribution is 0.213. The molecule has 0 aromatic carbocycles. The number of rotatable bonds is 0. The van der Waals surface area contributed by atoms with Crippen molar-refractivity contribution in [2.75, 3.05) is 46.8 Å². The molecular formula is C9H18N4. The van der Waals surface area contributed by atoms with Gasteiger partial charge in [-0.2, -0.15) is 5.10 Å². The fraction of sp³-hybridized carbons (Fsp3) is 0.889. The van der Waals surface area contributed by atoms with Gasteiger partial charge in [0.25, 0.3) is 0 Å². The van der Waals surface area contributed by atoms with E-state index < -0.39 is 0 Å². The van der Waals surface area contributed by atoms with Crippen LogP contribution in [0.3, 0.4) is 0 Å². The molecule has 74 valence electrons. The molecule has 2 aliphatic heterocycles. The highest BCUT2D eigenvalue weighted by molar-refractivity contribution is 5.83. The molecule has 1 saturated heterocycles. The maximum absolute atomic E-state index is 4.49. The summed E-state index contributed by atoms with van der Waals surface area (Å²) in [5.41, 5.74) is 0. The predicted octanol–water partition coefficient (Wildman–Crippen LogP) is -0.117. The van der Waals surface area contributed by atoms with Crippen molar-refractivity contribution in [3.8, 4) is 0 Å². The van der Waals surface area contributed by atoms with Gasteiger partial charge in [-0.25, -0.2) is 0 Å². The second-order valence-electron chi connectivity index (χ2n) is 3.94. The third-order valence-electron chi connectivity index (χ3n) is 2.81. The zero-order valence-electron chi connectivity index (χ0n) is 8.53. The van der Waals surface area contributed by atoms with Crippen molar-refractivity contribution < 1.29 is 0 Å². The first-order chi connectivity index (χ1) is 6.25. The molecule has 0 amide bonds. The van der Waals surface area contributed by atoms with Gasteiger partial charge in [-0.15, -0.1) is 0 Å². The van der Waals surface area contributed by atoms with E-state index >= 15 is 0 Å². The van der Waals surface area contributed by atoms with Crippen LogP contribution < -0.4 is 0 Å². The summed E-state index contributed by atoms with van der Waals surface area (Å²) in [6.07, 6.45) is 1.13. The Kier molecular flexibility index (Phi) is 2.40. The molecule has 2 heterocycles. The van der Waals surface area contributed by atoms with Crippen LogP contribution in [-0.2, 0) is 0 Å². The standard InChI is InChI=1S/C9H18N4/c1-11-5-7-13(8-6-11)9-3-4-12(2)10-9/h3-8H2,1-2H3. The minimum atomic E-state index is 1.08. The first-order valence-electron chi connectivity index (χ1n) is 4.98. The van der Waals surface area contributed by atoms with Crippen LogP contribution in [0.4, 0.5) is 0 Å². The molecule has 2 rings (SSSR count). The van der Waals surface area contributed by atoms with E-state index in [1.807, 2.05) is 12.1 Å². The van der Waals surface area contributed by atoms with Gasteiger partial charge in [-0.1, -0.05) is 0 Å². The van der Waals surface area contributed by atoms with Crippen LogP contribution in [0.25, 0.3) is 0 Å². The smallest absolute Gasteiger partial charge is 0.126 e. The largest absolute Gasteiger partial charge is 0.356 e. The molecule has 0 aromatic heterocycles. The van der Waals surface area contributed by atoms with Gasteiger partial charge < -0.3 is 9.80 Å². The van der Waals surface area contributed by atoms with E-state index in [2.05, 4.69) is 21.9 Å². The highest BCUT2D eigenvalue weighted by Crippen LogP contribution is 2.09. The minimum Gasteiger partial charge on any atom is -0.356 e. The zero-order chi connectivity index (χ0) is 9.26. The second-order valence-corrected chi connectivity index (χ2v) is 3.94. The zero-order valence-corrected chi connectivity index (χ0v) is 8.53. The molecule has 13 heavy (non-hydrogen) atoms. The molecule has 0 aliphatic carbocycles. The Balaban J connectivity index is 1.91. The Morgan fingerprint density at radius 1 is 1.00 bits per heavy atom. The predicted molar refractivity (Wildman–Crippen MR) is 53.8 cm³/mol. The van der Waals surface area contributed by atoms with Crippen LogP contribution in [0.2, 0.25) is 0 Å². The van der Waals surface area contributed by atoms with Crippen molar-refractivity contribution in [2.45, 2.75) is 6.42 Å². The van der Waals surface area contributed by atoms with Crippen molar-refractivity contribution in [3.63, 3.8) is 0 Å². The van der Waals surface area contributed by atoms with E-state index in [9.17, 15) is 0 Å². The van der Waals surface area contributed by atoms with Crippen LogP contribution in [-0.4, -0.2) is 67.5 Å². The van der Waals surface area contributed by atoms with Crippen LogP contribution in [0.1, 0.15) is 6.42 Å². The fourth-order valence-corrected chi connectivity index (χ4v) is 1.84. The molecule has 0 unspecified atom stereocenters. The number of hydrazone groups is 1. The maximum Gasteiger partial charge on any atom is 0.126 e. The molecule has 0 bridgehead atoms. The van der Waals surface area contributed by atoms with Crippen molar-refractivity contribution in [1.82, 2.24) is 14.8 Å². The Morgan fingerprint density at radius 3 is 2.23 bits per heavy atom. The van der Waals surface area contributed by atoms with Crippen LogP contribution in [0.5, 0.6) is 0 Å². The van der Waals surface area contributed by atoms with E-state index in [0.29, 0.717) is 0 Å². The lowest BCUT2D eigenvalue weighted by Gasteiger charge is -2.33. The lowest BCUT2D eigenvalue weighted by Crippen LogP contribution is -2.46. The van der Waals surface area contributed by atoms with Gasteiger partial charge in [0.05, 0.1) is 0 Å². The molecule has 0 atom stereocenters. The van der Waals surface area contributed by atoms with Crippen molar-refractivity contribution >= 4 is 5.84 Å². The van der Waals surface area contributed by atoms with Crippen LogP contribution in [0.15, 0.2) is 5.10 Å². The Labute approximate surface area is 79.8 Å². The van der Waals surface area contributed by atoms with Gasteiger partial charge in [0.15, 0.2) is 0 Å². The van der Waals surface area contributed by atoms with Gasteiger partial charge in [-0.3, -0.25) is 5.01 Å². The topological polar surface area (TPSA) is 22.1 Å². The summed E-state index contributed by atoms with van der Waals surface area (Å²) < 4.78 is 0. The number of amidine groups is 1. The summed E-state index contributed by atoms with van der Waals surface area (Å²) in [5.74, 6) is 1.29. The van der Waals surface area contributed by atoms with Gasteiger partial charge in [0.1, 0.15) is 5.84 Å².